The summed E-state index contributed by atoms with van der Waals surface area (Å²) >= 11 is 6.46. The maximum absolute atomic E-state index is 9.61. The van der Waals surface area contributed by atoms with Crippen molar-refractivity contribution in [3.63, 3.8) is 0 Å². The number of nitrogens with zero attached hydrogens (tertiary/aromatic N) is 5. The van der Waals surface area contributed by atoms with Gasteiger partial charge in [-0.15, -0.1) is 10.2 Å². The van der Waals surface area contributed by atoms with E-state index in [2.05, 4.69) is 38.2 Å². The lowest BCUT2D eigenvalue weighted by Crippen LogP contribution is -2.08. The van der Waals surface area contributed by atoms with Crippen LogP contribution in [0, 0.1) is 0 Å². The molecule has 4 rings (SSSR count). The minimum Gasteiger partial charge on any atom is -0.508 e. The van der Waals surface area contributed by atoms with Gasteiger partial charge in [-0.25, -0.2) is 4.98 Å². The molecule has 0 aliphatic rings. The number of hydrogen-bond donors (Lipinski definition) is 2. The van der Waals surface area contributed by atoms with Crippen LogP contribution in [0.1, 0.15) is 48.2 Å². The number of phenolic OH excluding ortho intramolecular Hbond substituents is 1. The van der Waals surface area contributed by atoms with Crippen molar-refractivity contribution in [2.75, 3.05) is 0 Å². The zero-order valence-electron chi connectivity index (χ0n) is 17.9. The number of phenols is 1. The van der Waals surface area contributed by atoms with Gasteiger partial charge >= 0.3 is 0 Å². The number of benzene rings is 2. The largest absolute Gasteiger partial charge is 0.508 e. The number of aromatic amines is 1. The number of tetrazole rings is 1. The van der Waals surface area contributed by atoms with Crippen LogP contribution < -0.4 is 0 Å². The summed E-state index contributed by atoms with van der Waals surface area (Å²) in [5.74, 6) is 1.78. The molecule has 0 unspecified atom stereocenters. The maximum atomic E-state index is 9.61. The number of nitrogens with one attached hydrogen (secondary N) is 1. The van der Waals surface area contributed by atoms with Crippen LogP contribution in [-0.2, 0) is 19.4 Å². The molecule has 0 amide bonds. The van der Waals surface area contributed by atoms with Crippen molar-refractivity contribution in [1.82, 2.24) is 30.2 Å². The van der Waals surface area contributed by atoms with Crippen LogP contribution in [-0.4, -0.2) is 35.3 Å². The molecule has 0 aliphatic carbocycles. The minimum absolute atomic E-state index is 0.234. The lowest BCUT2D eigenvalue weighted by atomic mass is 10.0. The fourth-order valence-electron chi connectivity index (χ4n) is 3.56. The second kappa shape index (κ2) is 10.2. The standard InChI is InChI=1S/C24H25ClN6O/c1-2-3-8-23-26-15-20(31(23)16-18-6-4-5-7-22(18)25)14-19(24-27-29-30-28-24)13-17-9-11-21(32)12-10-17/h4-7,9-12,14-15,32H,2-3,8,13,16H2,1H3,(H,27,28,29,30). The van der Waals surface area contributed by atoms with Gasteiger partial charge in [-0.3, -0.25) is 0 Å². The lowest BCUT2D eigenvalue weighted by Gasteiger charge is -2.13. The van der Waals surface area contributed by atoms with Crippen molar-refractivity contribution in [2.45, 2.75) is 39.2 Å². The van der Waals surface area contributed by atoms with E-state index in [0.29, 0.717) is 18.8 Å². The smallest absolute Gasteiger partial charge is 0.201 e. The first-order valence-electron chi connectivity index (χ1n) is 10.6. The number of H-pyrrole nitrogens is 1. The zero-order valence-corrected chi connectivity index (χ0v) is 18.6. The normalized spacial score (nSPS) is 11.8. The first-order chi connectivity index (χ1) is 15.6. The SMILES string of the molecule is CCCCc1ncc(C=C(Cc2ccc(O)cc2)c2nn[nH]n2)n1Cc1ccccc1Cl. The number of aromatic hydroxyl groups is 1. The highest BCUT2D eigenvalue weighted by Gasteiger charge is 2.14. The Bertz CT molecular complexity index is 1180. The fourth-order valence-corrected chi connectivity index (χ4v) is 3.76. The zero-order chi connectivity index (χ0) is 22.3. The fraction of sp³-hybridized carbons (Fsp3) is 0.250. The molecule has 32 heavy (non-hydrogen) atoms. The molecule has 0 bridgehead atoms. The van der Waals surface area contributed by atoms with E-state index < -0.39 is 0 Å². The number of imidazole rings is 1. The van der Waals surface area contributed by atoms with Crippen LogP contribution in [0.15, 0.2) is 54.7 Å². The molecule has 2 aromatic carbocycles. The Kier molecular flexibility index (Phi) is 6.97. The molecule has 164 valence electrons. The number of allylic oxidation sites excluding steroid dienone is 1. The molecular formula is C24H25ClN6O. The third-order valence-corrected chi connectivity index (χ3v) is 5.66. The summed E-state index contributed by atoms with van der Waals surface area (Å²) in [6.07, 6.45) is 7.58. The molecule has 0 radical (unpaired) electrons. The predicted octanol–water partition coefficient (Wildman–Crippen LogP) is 4.93. The number of halogens is 1. The lowest BCUT2D eigenvalue weighted by molar-refractivity contribution is 0.475. The van der Waals surface area contributed by atoms with Crippen molar-refractivity contribution < 1.29 is 5.11 Å². The molecule has 0 aliphatic heterocycles. The van der Waals surface area contributed by atoms with Gasteiger partial charge in [0.25, 0.3) is 0 Å². The summed E-state index contributed by atoms with van der Waals surface area (Å²) in [7, 11) is 0. The average molecular weight is 449 g/mol. The van der Waals surface area contributed by atoms with Gasteiger partial charge in [0.2, 0.25) is 5.82 Å². The monoisotopic (exact) mass is 448 g/mol. The van der Waals surface area contributed by atoms with Gasteiger partial charge < -0.3 is 9.67 Å². The van der Waals surface area contributed by atoms with Gasteiger partial charge in [0.05, 0.1) is 18.4 Å². The molecule has 8 heteroatoms. The molecular weight excluding hydrogens is 424 g/mol. The molecule has 2 aromatic heterocycles. The third kappa shape index (κ3) is 5.23. The third-order valence-electron chi connectivity index (χ3n) is 5.29. The molecule has 0 spiro atoms. The Morgan fingerprint density at radius 1 is 1.16 bits per heavy atom. The van der Waals surface area contributed by atoms with E-state index in [4.69, 9.17) is 16.6 Å². The highest BCUT2D eigenvalue weighted by molar-refractivity contribution is 6.31. The average Bonchev–Trinajstić information content (AvgIpc) is 3.46. The molecule has 4 aromatic rings. The highest BCUT2D eigenvalue weighted by Crippen LogP contribution is 2.24. The second-order valence-electron chi connectivity index (χ2n) is 7.63. The van der Waals surface area contributed by atoms with E-state index in [1.807, 2.05) is 42.6 Å². The van der Waals surface area contributed by atoms with Gasteiger partial charge in [0, 0.05) is 23.4 Å². The number of aryl methyl sites for hydroxylation is 1. The van der Waals surface area contributed by atoms with Crippen molar-refractivity contribution in [2.24, 2.45) is 0 Å². The first-order valence-corrected chi connectivity index (χ1v) is 11.0. The number of aromatic nitrogens is 6. The second-order valence-corrected chi connectivity index (χ2v) is 8.04. The first kappa shape index (κ1) is 21.8. The Balaban J connectivity index is 1.74. The summed E-state index contributed by atoms with van der Waals surface area (Å²) in [6.45, 7) is 2.80. The summed E-state index contributed by atoms with van der Waals surface area (Å²) in [5.41, 5.74) is 3.92. The van der Waals surface area contributed by atoms with Crippen LogP contribution in [0.4, 0.5) is 0 Å². The van der Waals surface area contributed by atoms with Crippen molar-refractivity contribution in [1.29, 1.82) is 0 Å². The van der Waals surface area contributed by atoms with Crippen LogP contribution in [0.5, 0.6) is 5.75 Å². The van der Waals surface area contributed by atoms with E-state index in [1.54, 1.807) is 12.1 Å². The Morgan fingerprint density at radius 3 is 2.69 bits per heavy atom. The molecule has 0 saturated heterocycles. The predicted molar refractivity (Wildman–Crippen MR) is 125 cm³/mol. The van der Waals surface area contributed by atoms with E-state index in [9.17, 15) is 5.11 Å². The van der Waals surface area contributed by atoms with Gasteiger partial charge in [-0.05, 0) is 47.0 Å². The van der Waals surface area contributed by atoms with Crippen molar-refractivity contribution >= 4 is 23.3 Å². The topological polar surface area (TPSA) is 92.5 Å². The Morgan fingerprint density at radius 2 is 1.97 bits per heavy atom. The number of unbranched alkanes of at least 4 members (excludes halogenated alkanes) is 1. The minimum atomic E-state index is 0.234. The number of rotatable bonds is 9. The summed E-state index contributed by atoms with van der Waals surface area (Å²) in [4.78, 5) is 4.71. The van der Waals surface area contributed by atoms with Crippen molar-refractivity contribution in [3.05, 3.63) is 88.2 Å². The summed E-state index contributed by atoms with van der Waals surface area (Å²) in [6, 6.07) is 15.0. The van der Waals surface area contributed by atoms with Gasteiger partial charge in [0.15, 0.2) is 0 Å². The molecule has 0 saturated carbocycles. The molecule has 0 atom stereocenters. The van der Waals surface area contributed by atoms with Gasteiger partial charge in [-0.2, -0.15) is 5.21 Å². The molecule has 2 N–H and O–H groups in total. The van der Waals surface area contributed by atoms with E-state index in [1.165, 1.54) is 0 Å². The van der Waals surface area contributed by atoms with Crippen molar-refractivity contribution in [3.8, 4) is 5.75 Å². The molecule has 2 heterocycles. The molecule has 0 fully saturated rings. The summed E-state index contributed by atoms with van der Waals surface area (Å²) < 4.78 is 2.20. The van der Waals surface area contributed by atoms with E-state index in [0.717, 1.165) is 52.5 Å². The summed E-state index contributed by atoms with van der Waals surface area (Å²) in [5, 5.41) is 25.0. The van der Waals surface area contributed by atoms with Crippen LogP contribution in [0.2, 0.25) is 5.02 Å². The van der Waals surface area contributed by atoms with Crippen LogP contribution >= 0.6 is 11.6 Å². The van der Waals surface area contributed by atoms with Gasteiger partial charge in [0.1, 0.15) is 11.6 Å². The van der Waals surface area contributed by atoms with E-state index >= 15 is 0 Å². The Hall–Kier alpha value is -3.45. The quantitative estimate of drug-likeness (QED) is 0.378. The maximum Gasteiger partial charge on any atom is 0.201 e. The highest BCUT2D eigenvalue weighted by atomic mass is 35.5. The van der Waals surface area contributed by atoms with Crippen LogP contribution in [0.25, 0.3) is 11.6 Å². The Labute approximate surface area is 191 Å². The molecule has 7 nitrogen and oxygen atoms in total. The van der Waals surface area contributed by atoms with E-state index in [-0.39, 0.29) is 5.75 Å². The van der Waals surface area contributed by atoms with Gasteiger partial charge in [-0.1, -0.05) is 55.3 Å². The van der Waals surface area contributed by atoms with Crippen LogP contribution in [0.3, 0.4) is 0 Å². The number of hydrogen-bond acceptors (Lipinski definition) is 5.